The van der Waals surface area contributed by atoms with Crippen molar-refractivity contribution >= 4 is 11.6 Å². The van der Waals surface area contributed by atoms with Gasteiger partial charge in [-0.2, -0.15) is 0 Å². The quantitative estimate of drug-likeness (QED) is 0.827. The second-order valence-corrected chi connectivity index (χ2v) is 6.25. The number of carbonyl (C=O) groups is 1. The van der Waals surface area contributed by atoms with Gasteiger partial charge in [0.05, 0.1) is 18.1 Å². The van der Waals surface area contributed by atoms with E-state index in [0.29, 0.717) is 18.5 Å². The molecular formula is C19H20FNO3. The molecule has 0 bridgehead atoms. The molecule has 1 fully saturated rings. The van der Waals surface area contributed by atoms with Crippen LogP contribution in [0.5, 0.6) is 5.75 Å². The smallest absolute Gasteiger partial charge is 0.233 e. The number of benzene rings is 2. The van der Waals surface area contributed by atoms with Gasteiger partial charge in [-0.15, -0.1) is 0 Å². The number of aliphatic hydroxyl groups excluding tert-OH is 1. The first-order valence-electron chi connectivity index (χ1n) is 8.03. The lowest BCUT2D eigenvalue weighted by Crippen LogP contribution is -2.55. The normalized spacial score (nSPS) is 21.5. The van der Waals surface area contributed by atoms with E-state index in [-0.39, 0.29) is 29.4 Å². The minimum absolute atomic E-state index is 0.0275. The summed E-state index contributed by atoms with van der Waals surface area (Å²) in [6, 6.07) is 12.4. The van der Waals surface area contributed by atoms with Gasteiger partial charge in [0.25, 0.3) is 0 Å². The molecular weight excluding hydrogens is 309 g/mol. The fourth-order valence-corrected chi connectivity index (χ4v) is 3.19. The van der Waals surface area contributed by atoms with Crippen LogP contribution in [0.3, 0.4) is 0 Å². The van der Waals surface area contributed by atoms with Gasteiger partial charge >= 0.3 is 0 Å². The molecule has 0 radical (unpaired) electrons. The van der Waals surface area contributed by atoms with Gasteiger partial charge in [-0.1, -0.05) is 12.1 Å². The van der Waals surface area contributed by atoms with E-state index in [1.54, 1.807) is 48.2 Å². The fourth-order valence-electron chi connectivity index (χ4n) is 3.19. The van der Waals surface area contributed by atoms with Crippen molar-refractivity contribution in [3.8, 4) is 5.75 Å². The predicted molar refractivity (Wildman–Crippen MR) is 89.1 cm³/mol. The van der Waals surface area contributed by atoms with Crippen LogP contribution in [-0.4, -0.2) is 22.2 Å². The third-order valence-electron chi connectivity index (χ3n) is 4.45. The maximum Gasteiger partial charge on any atom is 0.233 e. The van der Waals surface area contributed by atoms with Gasteiger partial charge in [0.15, 0.2) is 0 Å². The zero-order valence-electron chi connectivity index (χ0n) is 13.4. The van der Waals surface area contributed by atoms with Gasteiger partial charge in [0.2, 0.25) is 5.91 Å². The van der Waals surface area contributed by atoms with Crippen LogP contribution in [0.2, 0.25) is 0 Å². The van der Waals surface area contributed by atoms with E-state index in [0.717, 1.165) is 5.56 Å². The van der Waals surface area contributed by atoms with Crippen molar-refractivity contribution in [3.63, 3.8) is 0 Å². The summed E-state index contributed by atoms with van der Waals surface area (Å²) in [6.07, 6.45) is 0.667. The minimum Gasteiger partial charge on any atom is -0.508 e. The highest BCUT2D eigenvalue weighted by Crippen LogP contribution is 2.45. The maximum atomic E-state index is 13.2. The SMILES string of the molecule is C[C@@H](O)CC[C@H]1C(=O)N(c2ccc(F)cc2)[C@@H]1c1ccc(O)cc1. The van der Waals surface area contributed by atoms with E-state index in [2.05, 4.69) is 0 Å². The Morgan fingerprint density at radius 3 is 2.33 bits per heavy atom. The third kappa shape index (κ3) is 3.12. The molecule has 3 rings (SSSR count). The summed E-state index contributed by atoms with van der Waals surface area (Å²) in [5.41, 5.74) is 1.56. The van der Waals surface area contributed by atoms with Gasteiger partial charge < -0.3 is 15.1 Å². The van der Waals surface area contributed by atoms with Crippen LogP contribution in [0.15, 0.2) is 48.5 Å². The molecule has 126 valence electrons. The number of halogens is 1. The van der Waals surface area contributed by atoms with Gasteiger partial charge in [0, 0.05) is 5.69 Å². The Kier molecular flexibility index (Phi) is 4.53. The van der Waals surface area contributed by atoms with Gasteiger partial charge in [-0.25, -0.2) is 4.39 Å². The number of aromatic hydroxyl groups is 1. The number of rotatable bonds is 5. The predicted octanol–water partition coefficient (Wildman–Crippen LogP) is 3.40. The fraction of sp³-hybridized carbons (Fsp3) is 0.316. The molecule has 0 aromatic heterocycles. The number of aliphatic hydroxyl groups is 1. The average Bonchev–Trinajstić information content (AvgIpc) is 2.55. The second-order valence-electron chi connectivity index (χ2n) is 6.25. The molecule has 2 N–H and O–H groups in total. The number of phenolic OH excluding ortho intramolecular Hbond substituents is 1. The first-order valence-corrected chi connectivity index (χ1v) is 8.03. The highest BCUT2D eigenvalue weighted by molar-refractivity contribution is 6.03. The van der Waals surface area contributed by atoms with Crippen molar-refractivity contribution in [3.05, 3.63) is 59.9 Å². The summed E-state index contributed by atoms with van der Waals surface area (Å²) < 4.78 is 13.2. The molecule has 1 aliphatic heterocycles. The summed E-state index contributed by atoms with van der Waals surface area (Å²) in [5.74, 6) is -0.439. The molecule has 0 spiro atoms. The molecule has 0 aliphatic carbocycles. The lowest BCUT2D eigenvalue weighted by atomic mass is 9.78. The molecule has 2 aromatic carbocycles. The second kappa shape index (κ2) is 6.61. The zero-order valence-corrected chi connectivity index (χ0v) is 13.4. The van der Waals surface area contributed by atoms with Crippen molar-refractivity contribution in [1.82, 2.24) is 0 Å². The van der Waals surface area contributed by atoms with E-state index in [9.17, 15) is 19.4 Å². The van der Waals surface area contributed by atoms with Crippen LogP contribution >= 0.6 is 0 Å². The van der Waals surface area contributed by atoms with Crippen LogP contribution in [-0.2, 0) is 4.79 Å². The topological polar surface area (TPSA) is 60.8 Å². The number of anilines is 1. The van der Waals surface area contributed by atoms with Crippen molar-refractivity contribution in [1.29, 1.82) is 0 Å². The highest BCUT2D eigenvalue weighted by Gasteiger charge is 2.48. The Morgan fingerprint density at radius 2 is 1.75 bits per heavy atom. The first-order chi connectivity index (χ1) is 11.5. The Morgan fingerprint density at radius 1 is 1.12 bits per heavy atom. The molecule has 1 saturated heterocycles. The van der Waals surface area contributed by atoms with E-state index in [4.69, 9.17) is 0 Å². The molecule has 4 nitrogen and oxygen atoms in total. The number of nitrogens with zero attached hydrogens (tertiary/aromatic N) is 1. The molecule has 1 amide bonds. The summed E-state index contributed by atoms with van der Waals surface area (Å²) >= 11 is 0. The average molecular weight is 329 g/mol. The summed E-state index contributed by atoms with van der Waals surface area (Å²) in [4.78, 5) is 14.3. The third-order valence-corrected chi connectivity index (χ3v) is 4.45. The summed E-state index contributed by atoms with van der Waals surface area (Å²) in [5, 5.41) is 19.0. The number of β-lactam (4-membered cyclic amide) rings is 1. The van der Waals surface area contributed by atoms with E-state index in [1.165, 1.54) is 12.1 Å². The molecule has 1 aliphatic rings. The number of amides is 1. The molecule has 5 heteroatoms. The molecule has 24 heavy (non-hydrogen) atoms. The Bertz CT molecular complexity index is 712. The van der Waals surface area contributed by atoms with E-state index in [1.807, 2.05) is 0 Å². The van der Waals surface area contributed by atoms with E-state index < -0.39 is 6.10 Å². The van der Waals surface area contributed by atoms with Crippen molar-refractivity contribution in [2.45, 2.75) is 31.9 Å². The van der Waals surface area contributed by atoms with Crippen LogP contribution in [0, 0.1) is 11.7 Å². The molecule has 1 heterocycles. The van der Waals surface area contributed by atoms with Gasteiger partial charge in [-0.3, -0.25) is 4.79 Å². The van der Waals surface area contributed by atoms with Crippen molar-refractivity contribution in [2.75, 3.05) is 4.90 Å². The minimum atomic E-state index is -0.460. The number of hydrogen-bond acceptors (Lipinski definition) is 3. The number of phenols is 1. The molecule has 0 unspecified atom stereocenters. The maximum absolute atomic E-state index is 13.2. The largest absolute Gasteiger partial charge is 0.508 e. The Balaban J connectivity index is 1.90. The molecule has 3 atom stereocenters. The molecule has 2 aromatic rings. The summed E-state index contributed by atoms with van der Waals surface area (Å²) in [7, 11) is 0. The van der Waals surface area contributed by atoms with Crippen molar-refractivity contribution in [2.24, 2.45) is 5.92 Å². The van der Waals surface area contributed by atoms with Crippen LogP contribution in [0.25, 0.3) is 0 Å². The Hall–Kier alpha value is -2.40. The monoisotopic (exact) mass is 329 g/mol. The van der Waals surface area contributed by atoms with Crippen molar-refractivity contribution < 1.29 is 19.4 Å². The lowest BCUT2D eigenvalue weighted by Gasteiger charge is -2.48. The zero-order chi connectivity index (χ0) is 17.3. The van der Waals surface area contributed by atoms with Gasteiger partial charge in [-0.05, 0) is 61.7 Å². The standard InChI is InChI=1S/C19H20FNO3/c1-12(22)2-11-17-18(13-3-9-16(23)10-4-13)21(19(17)24)15-7-5-14(20)6-8-15/h3-10,12,17-18,22-23H,2,11H2,1H3/t12-,17-,18-/m1/s1. The van der Waals surface area contributed by atoms with Crippen LogP contribution in [0.4, 0.5) is 10.1 Å². The first kappa shape index (κ1) is 16.5. The molecule has 0 saturated carbocycles. The van der Waals surface area contributed by atoms with E-state index >= 15 is 0 Å². The van der Waals surface area contributed by atoms with Crippen LogP contribution < -0.4 is 4.90 Å². The summed E-state index contributed by atoms with van der Waals surface area (Å²) in [6.45, 7) is 1.70. The Labute approximate surface area is 140 Å². The number of hydrogen-bond donors (Lipinski definition) is 2. The number of carbonyl (C=O) groups excluding carboxylic acids is 1. The van der Waals surface area contributed by atoms with Gasteiger partial charge in [0.1, 0.15) is 11.6 Å². The van der Waals surface area contributed by atoms with Crippen LogP contribution in [0.1, 0.15) is 31.4 Å². The lowest BCUT2D eigenvalue weighted by molar-refractivity contribution is -0.131. The highest BCUT2D eigenvalue weighted by atomic mass is 19.1.